The Labute approximate surface area is 91.2 Å². The standard InChI is InChI=1S/C12H12O2S/c1-8-7-12(15(13)14)11-6-4-3-5-10(11)9(8)2/h3-7H,1-2H3,(H,13,14)/p-1. The Kier molecular flexibility index (Phi) is 2.59. The van der Waals surface area contributed by atoms with Crippen molar-refractivity contribution >= 4 is 21.9 Å². The lowest BCUT2D eigenvalue weighted by molar-refractivity contribution is 0.538. The smallest absolute Gasteiger partial charge is 0.0330 e. The van der Waals surface area contributed by atoms with Crippen LogP contribution in [-0.4, -0.2) is 8.76 Å². The number of benzene rings is 2. The van der Waals surface area contributed by atoms with Crippen molar-refractivity contribution in [1.82, 2.24) is 0 Å². The number of aryl methyl sites for hydroxylation is 2. The number of hydrogen-bond donors (Lipinski definition) is 0. The summed E-state index contributed by atoms with van der Waals surface area (Å²) in [5.41, 5.74) is 2.15. The van der Waals surface area contributed by atoms with Gasteiger partial charge in [-0.15, -0.1) is 0 Å². The molecule has 0 saturated heterocycles. The van der Waals surface area contributed by atoms with E-state index in [1.54, 1.807) is 6.07 Å². The highest BCUT2D eigenvalue weighted by Crippen LogP contribution is 2.26. The molecule has 3 heteroatoms. The van der Waals surface area contributed by atoms with Crippen molar-refractivity contribution in [2.24, 2.45) is 0 Å². The Morgan fingerprint density at radius 3 is 2.33 bits per heavy atom. The molecule has 0 bridgehead atoms. The molecule has 0 saturated carbocycles. The van der Waals surface area contributed by atoms with Crippen LogP contribution in [-0.2, 0) is 11.1 Å². The molecule has 0 radical (unpaired) electrons. The van der Waals surface area contributed by atoms with E-state index in [1.165, 1.54) is 0 Å². The maximum absolute atomic E-state index is 11.1. The van der Waals surface area contributed by atoms with Crippen molar-refractivity contribution in [1.29, 1.82) is 0 Å². The van der Waals surface area contributed by atoms with E-state index in [2.05, 4.69) is 0 Å². The molecule has 0 spiro atoms. The Morgan fingerprint density at radius 2 is 1.73 bits per heavy atom. The first-order chi connectivity index (χ1) is 7.11. The van der Waals surface area contributed by atoms with Gasteiger partial charge in [-0.25, -0.2) is 0 Å². The average molecular weight is 219 g/mol. The zero-order chi connectivity index (χ0) is 11.0. The summed E-state index contributed by atoms with van der Waals surface area (Å²) in [6, 6.07) is 9.29. The van der Waals surface area contributed by atoms with Crippen molar-refractivity contribution in [2.75, 3.05) is 0 Å². The van der Waals surface area contributed by atoms with Crippen LogP contribution < -0.4 is 0 Å². The number of hydrogen-bond acceptors (Lipinski definition) is 2. The SMILES string of the molecule is Cc1cc(S(=O)[O-])c2ccccc2c1C. The van der Waals surface area contributed by atoms with Gasteiger partial charge in [-0.1, -0.05) is 24.3 Å². The van der Waals surface area contributed by atoms with Crippen LogP contribution >= 0.6 is 0 Å². The molecular formula is C12H11O2S-. The first-order valence-electron chi connectivity index (χ1n) is 4.69. The van der Waals surface area contributed by atoms with Crippen LogP contribution in [0.1, 0.15) is 11.1 Å². The van der Waals surface area contributed by atoms with Gasteiger partial charge < -0.3 is 4.55 Å². The fourth-order valence-electron chi connectivity index (χ4n) is 1.76. The second-order valence-corrected chi connectivity index (χ2v) is 4.51. The van der Waals surface area contributed by atoms with Gasteiger partial charge in [0.05, 0.1) is 0 Å². The summed E-state index contributed by atoms with van der Waals surface area (Å²) in [6.07, 6.45) is 0. The predicted molar refractivity (Wildman–Crippen MR) is 60.6 cm³/mol. The minimum absolute atomic E-state index is 0.383. The minimum Gasteiger partial charge on any atom is -0.768 e. The van der Waals surface area contributed by atoms with Crippen LogP contribution in [0.4, 0.5) is 0 Å². The van der Waals surface area contributed by atoms with Crippen molar-refractivity contribution in [2.45, 2.75) is 18.7 Å². The van der Waals surface area contributed by atoms with Crippen LogP contribution in [0.3, 0.4) is 0 Å². The molecule has 0 fully saturated rings. The van der Waals surface area contributed by atoms with Crippen LogP contribution in [0.2, 0.25) is 0 Å². The predicted octanol–water partition coefficient (Wildman–Crippen LogP) is 2.69. The normalized spacial score (nSPS) is 13.0. The van der Waals surface area contributed by atoms with E-state index in [-0.39, 0.29) is 0 Å². The lowest BCUT2D eigenvalue weighted by Crippen LogP contribution is -1.94. The fourth-order valence-corrected chi connectivity index (χ4v) is 2.39. The molecule has 0 aliphatic carbocycles. The van der Waals surface area contributed by atoms with E-state index in [0.717, 1.165) is 21.9 Å². The van der Waals surface area contributed by atoms with Crippen molar-refractivity contribution in [3.8, 4) is 0 Å². The Bertz CT molecular complexity index is 547. The summed E-state index contributed by atoms with van der Waals surface area (Å²) < 4.78 is 22.2. The minimum atomic E-state index is -2.17. The Morgan fingerprint density at radius 1 is 1.13 bits per heavy atom. The maximum atomic E-state index is 11.1. The van der Waals surface area contributed by atoms with E-state index < -0.39 is 11.1 Å². The third-order valence-electron chi connectivity index (χ3n) is 2.72. The molecule has 0 amide bonds. The molecule has 2 rings (SSSR count). The van der Waals surface area contributed by atoms with Gasteiger partial charge in [-0.3, -0.25) is 4.21 Å². The third-order valence-corrected chi connectivity index (χ3v) is 3.41. The largest absolute Gasteiger partial charge is 0.768 e. The molecule has 1 unspecified atom stereocenters. The molecule has 2 aromatic rings. The highest BCUT2D eigenvalue weighted by molar-refractivity contribution is 7.79. The summed E-state index contributed by atoms with van der Waals surface area (Å²) in [4.78, 5) is 0.383. The van der Waals surface area contributed by atoms with Gasteiger partial charge in [0.15, 0.2) is 0 Å². The maximum Gasteiger partial charge on any atom is 0.0330 e. The number of fused-ring (bicyclic) bond motifs is 1. The van der Waals surface area contributed by atoms with Gasteiger partial charge in [0.25, 0.3) is 0 Å². The van der Waals surface area contributed by atoms with Gasteiger partial charge >= 0.3 is 0 Å². The first-order valence-corrected chi connectivity index (χ1v) is 5.77. The highest BCUT2D eigenvalue weighted by atomic mass is 32.2. The average Bonchev–Trinajstić information content (AvgIpc) is 2.23. The van der Waals surface area contributed by atoms with Crippen LogP contribution in [0.5, 0.6) is 0 Å². The van der Waals surface area contributed by atoms with Crippen molar-refractivity contribution in [3.05, 3.63) is 41.5 Å². The van der Waals surface area contributed by atoms with E-state index in [4.69, 9.17) is 0 Å². The van der Waals surface area contributed by atoms with Gasteiger partial charge in [0.1, 0.15) is 0 Å². The molecule has 0 aromatic heterocycles. The summed E-state index contributed by atoms with van der Waals surface area (Å²) >= 11 is -2.17. The molecule has 0 heterocycles. The molecule has 0 N–H and O–H groups in total. The second kappa shape index (κ2) is 3.76. The second-order valence-electron chi connectivity index (χ2n) is 3.60. The molecule has 2 nitrogen and oxygen atoms in total. The highest BCUT2D eigenvalue weighted by Gasteiger charge is 2.06. The van der Waals surface area contributed by atoms with E-state index in [1.807, 2.05) is 38.1 Å². The number of rotatable bonds is 1. The molecule has 78 valence electrons. The summed E-state index contributed by atoms with van der Waals surface area (Å²) in [7, 11) is 0. The fraction of sp³-hybridized carbons (Fsp3) is 0.167. The van der Waals surface area contributed by atoms with Gasteiger partial charge in [-0.2, -0.15) is 0 Å². The molecule has 15 heavy (non-hydrogen) atoms. The molecular weight excluding hydrogens is 208 g/mol. The summed E-state index contributed by atoms with van der Waals surface area (Å²) in [5, 5.41) is 1.81. The van der Waals surface area contributed by atoms with Gasteiger partial charge in [-0.05, 0) is 52.9 Å². The van der Waals surface area contributed by atoms with Crippen LogP contribution in [0, 0.1) is 13.8 Å². The van der Waals surface area contributed by atoms with Crippen LogP contribution in [0.25, 0.3) is 10.8 Å². The zero-order valence-electron chi connectivity index (χ0n) is 8.61. The van der Waals surface area contributed by atoms with Gasteiger partial charge in [0.2, 0.25) is 0 Å². The van der Waals surface area contributed by atoms with Crippen molar-refractivity contribution in [3.63, 3.8) is 0 Å². The zero-order valence-corrected chi connectivity index (χ0v) is 9.43. The molecule has 0 aliphatic heterocycles. The lowest BCUT2D eigenvalue weighted by atomic mass is 10.0. The Hall–Kier alpha value is -1.19. The third kappa shape index (κ3) is 1.68. The quantitative estimate of drug-likeness (QED) is 0.692. The Balaban J connectivity index is 2.94. The molecule has 0 aliphatic rings. The van der Waals surface area contributed by atoms with Crippen molar-refractivity contribution < 1.29 is 8.76 Å². The van der Waals surface area contributed by atoms with Crippen LogP contribution in [0.15, 0.2) is 35.2 Å². The first kappa shape index (κ1) is 10.3. The molecule has 1 atom stereocenters. The lowest BCUT2D eigenvalue weighted by Gasteiger charge is -2.13. The topological polar surface area (TPSA) is 40.1 Å². The van der Waals surface area contributed by atoms with E-state index >= 15 is 0 Å². The van der Waals surface area contributed by atoms with Gasteiger partial charge in [0, 0.05) is 4.90 Å². The monoisotopic (exact) mass is 219 g/mol. The van der Waals surface area contributed by atoms with E-state index in [9.17, 15) is 8.76 Å². The molecule has 2 aromatic carbocycles. The van der Waals surface area contributed by atoms with E-state index in [0.29, 0.717) is 4.90 Å². The summed E-state index contributed by atoms with van der Waals surface area (Å²) in [5.74, 6) is 0. The summed E-state index contributed by atoms with van der Waals surface area (Å²) in [6.45, 7) is 3.94.